The molecule has 6 nitrogen and oxygen atoms in total. The van der Waals surface area contributed by atoms with E-state index >= 15 is 0 Å². The van der Waals surface area contributed by atoms with E-state index in [9.17, 15) is 14.9 Å². The predicted molar refractivity (Wildman–Crippen MR) is 78.5 cm³/mol. The highest BCUT2D eigenvalue weighted by Crippen LogP contribution is 2.36. The molecule has 0 N–H and O–H groups in total. The Balaban J connectivity index is 1.75. The second kappa shape index (κ2) is 7.73. The number of esters is 1. The molecule has 2 aliphatic rings. The van der Waals surface area contributed by atoms with Gasteiger partial charge in [-0.15, -0.1) is 0 Å². The van der Waals surface area contributed by atoms with Crippen LogP contribution in [0.2, 0.25) is 0 Å². The highest BCUT2D eigenvalue weighted by Gasteiger charge is 2.35. The number of carbonyl (C=O) groups excluding carboxylic acids is 1. The van der Waals surface area contributed by atoms with Gasteiger partial charge in [-0.3, -0.25) is 19.8 Å². The normalized spacial score (nSPS) is 28.2. The minimum atomic E-state index is -0.332. The first kappa shape index (κ1) is 16.2. The lowest BCUT2D eigenvalue weighted by atomic mass is 9.74. The average molecular weight is 298 g/mol. The molecule has 21 heavy (non-hydrogen) atoms. The molecule has 0 amide bonds. The summed E-state index contributed by atoms with van der Waals surface area (Å²) in [4.78, 5) is 24.5. The molecular weight excluding hydrogens is 272 g/mol. The fraction of sp³-hybridized carbons (Fsp3) is 0.933. The summed E-state index contributed by atoms with van der Waals surface area (Å²) < 4.78 is 4.97. The zero-order valence-corrected chi connectivity index (χ0v) is 12.8. The number of piperidine rings is 1. The first-order valence-corrected chi connectivity index (χ1v) is 8.11. The molecule has 0 bridgehead atoms. The maximum atomic E-state index is 11.5. The zero-order valence-electron chi connectivity index (χ0n) is 12.8. The summed E-state index contributed by atoms with van der Waals surface area (Å²) in [5.41, 5.74) is 0. The number of hydrogen-bond donors (Lipinski definition) is 0. The van der Waals surface area contributed by atoms with Gasteiger partial charge in [0.15, 0.2) is 0 Å². The van der Waals surface area contributed by atoms with Gasteiger partial charge in [-0.1, -0.05) is 0 Å². The van der Waals surface area contributed by atoms with Crippen LogP contribution < -0.4 is 0 Å². The average Bonchev–Trinajstić information content (AvgIpc) is 2.48. The number of nitrogens with zero attached hydrogens (tertiary/aromatic N) is 2. The molecule has 120 valence electrons. The Bertz CT molecular complexity index is 367. The lowest BCUT2D eigenvalue weighted by molar-refractivity contribution is -0.528. The van der Waals surface area contributed by atoms with Gasteiger partial charge in [-0.05, 0) is 57.5 Å². The van der Waals surface area contributed by atoms with E-state index in [1.54, 1.807) is 0 Å². The quantitative estimate of drug-likeness (QED) is 0.441. The van der Waals surface area contributed by atoms with Crippen molar-refractivity contribution in [3.63, 3.8) is 0 Å². The van der Waals surface area contributed by atoms with Crippen molar-refractivity contribution in [1.82, 2.24) is 4.90 Å². The summed E-state index contributed by atoms with van der Waals surface area (Å²) in [6.07, 6.45) is 5.70. The van der Waals surface area contributed by atoms with Gasteiger partial charge in [0.25, 0.3) is 0 Å². The molecule has 2 unspecified atom stereocenters. The van der Waals surface area contributed by atoms with E-state index in [-0.39, 0.29) is 16.9 Å². The van der Waals surface area contributed by atoms with Crippen LogP contribution in [0.4, 0.5) is 0 Å². The maximum absolute atomic E-state index is 11.5. The van der Waals surface area contributed by atoms with Gasteiger partial charge >= 0.3 is 5.97 Å². The highest BCUT2D eigenvalue weighted by atomic mass is 16.6. The summed E-state index contributed by atoms with van der Waals surface area (Å²) in [6, 6.07) is -0.332. The lowest BCUT2D eigenvalue weighted by Gasteiger charge is -2.37. The molecule has 0 radical (unpaired) electrons. The second-order valence-electron chi connectivity index (χ2n) is 6.28. The van der Waals surface area contributed by atoms with Crippen molar-refractivity contribution in [2.45, 2.75) is 51.5 Å². The van der Waals surface area contributed by atoms with Crippen molar-refractivity contribution in [3.05, 3.63) is 10.1 Å². The Morgan fingerprint density at radius 3 is 2.57 bits per heavy atom. The predicted octanol–water partition coefficient (Wildman–Crippen LogP) is 2.10. The third-order valence-electron chi connectivity index (χ3n) is 4.94. The Labute approximate surface area is 126 Å². The van der Waals surface area contributed by atoms with Crippen LogP contribution in [-0.4, -0.2) is 48.1 Å². The molecule has 2 rings (SSSR count). The molecule has 1 saturated carbocycles. The third kappa shape index (κ3) is 4.66. The molecule has 1 aliphatic carbocycles. The Morgan fingerprint density at radius 1 is 1.24 bits per heavy atom. The van der Waals surface area contributed by atoms with E-state index in [0.29, 0.717) is 25.0 Å². The Hall–Kier alpha value is -1.17. The number of ether oxygens (including phenoxy) is 1. The number of hydrogen-bond acceptors (Lipinski definition) is 5. The van der Waals surface area contributed by atoms with E-state index in [4.69, 9.17) is 4.74 Å². The molecule has 2 fully saturated rings. The third-order valence-corrected chi connectivity index (χ3v) is 4.94. The number of likely N-dealkylation sites (tertiary alicyclic amines) is 1. The van der Waals surface area contributed by atoms with E-state index in [2.05, 4.69) is 4.90 Å². The van der Waals surface area contributed by atoms with Gasteiger partial charge in [0.2, 0.25) is 6.04 Å². The second-order valence-corrected chi connectivity index (χ2v) is 6.28. The molecule has 0 aromatic rings. The molecule has 1 saturated heterocycles. The largest absolute Gasteiger partial charge is 0.465 e. The van der Waals surface area contributed by atoms with E-state index in [1.165, 1.54) is 0 Å². The number of carbonyl (C=O) groups is 1. The van der Waals surface area contributed by atoms with Crippen LogP contribution >= 0.6 is 0 Å². The number of nitro groups is 1. The van der Waals surface area contributed by atoms with Crippen LogP contribution in [0.3, 0.4) is 0 Å². The zero-order chi connectivity index (χ0) is 15.2. The standard InChI is InChI=1S/C15H26N2O4/c1-2-21-15(18)11-16-8-6-12(7-9-16)13-4-3-5-14(10-13)17(19)20/h12-14H,2-11H2,1H3. The number of rotatable bonds is 5. The van der Waals surface area contributed by atoms with Crippen molar-refractivity contribution >= 4 is 5.97 Å². The summed E-state index contributed by atoms with van der Waals surface area (Å²) in [6.45, 7) is 4.44. The van der Waals surface area contributed by atoms with E-state index in [0.717, 1.165) is 51.6 Å². The lowest BCUT2D eigenvalue weighted by Crippen LogP contribution is -2.41. The maximum Gasteiger partial charge on any atom is 0.320 e. The van der Waals surface area contributed by atoms with Crippen LogP contribution in [-0.2, 0) is 9.53 Å². The van der Waals surface area contributed by atoms with Gasteiger partial charge in [0, 0.05) is 17.8 Å². The summed E-state index contributed by atoms with van der Waals surface area (Å²) in [5, 5.41) is 11.0. The smallest absolute Gasteiger partial charge is 0.320 e. The first-order chi connectivity index (χ1) is 10.1. The van der Waals surface area contributed by atoms with Crippen LogP contribution in [0.25, 0.3) is 0 Å². The van der Waals surface area contributed by atoms with Crippen LogP contribution in [0.1, 0.15) is 45.4 Å². The van der Waals surface area contributed by atoms with Crippen molar-refractivity contribution < 1.29 is 14.5 Å². The minimum Gasteiger partial charge on any atom is -0.465 e. The summed E-state index contributed by atoms with van der Waals surface area (Å²) in [7, 11) is 0. The molecule has 2 atom stereocenters. The van der Waals surface area contributed by atoms with Gasteiger partial charge in [-0.2, -0.15) is 0 Å². The van der Waals surface area contributed by atoms with E-state index in [1.807, 2.05) is 6.92 Å². The highest BCUT2D eigenvalue weighted by molar-refractivity contribution is 5.71. The molecule has 6 heteroatoms. The van der Waals surface area contributed by atoms with Crippen molar-refractivity contribution in [2.75, 3.05) is 26.2 Å². The molecule has 0 spiro atoms. The van der Waals surface area contributed by atoms with Crippen LogP contribution in [0.5, 0.6) is 0 Å². The van der Waals surface area contributed by atoms with Gasteiger partial charge in [-0.25, -0.2) is 0 Å². The van der Waals surface area contributed by atoms with Crippen LogP contribution in [0.15, 0.2) is 0 Å². The first-order valence-electron chi connectivity index (χ1n) is 8.11. The molecule has 0 aromatic heterocycles. The Kier molecular flexibility index (Phi) is 5.96. The topological polar surface area (TPSA) is 72.7 Å². The van der Waals surface area contributed by atoms with Crippen molar-refractivity contribution in [1.29, 1.82) is 0 Å². The summed E-state index contributed by atoms with van der Waals surface area (Å²) >= 11 is 0. The fourth-order valence-corrected chi connectivity index (χ4v) is 3.79. The monoisotopic (exact) mass is 298 g/mol. The fourth-order valence-electron chi connectivity index (χ4n) is 3.79. The van der Waals surface area contributed by atoms with Crippen molar-refractivity contribution in [2.24, 2.45) is 11.8 Å². The minimum absolute atomic E-state index is 0.0952. The SMILES string of the molecule is CCOC(=O)CN1CCC(C2CCCC([N+](=O)[O-])C2)CC1. The van der Waals surface area contributed by atoms with E-state index < -0.39 is 0 Å². The van der Waals surface area contributed by atoms with Gasteiger partial charge in [0.1, 0.15) is 0 Å². The van der Waals surface area contributed by atoms with Gasteiger partial charge < -0.3 is 4.74 Å². The van der Waals surface area contributed by atoms with Crippen LogP contribution in [0, 0.1) is 22.0 Å². The molecular formula is C15H26N2O4. The molecule has 1 aliphatic heterocycles. The van der Waals surface area contributed by atoms with Gasteiger partial charge in [0.05, 0.1) is 13.2 Å². The van der Waals surface area contributed by atoms with Crippen molar-refractivity contribution in [3.8, 4) is 0 Å². The Morgan fingerprint density at radius 2 is 1.95 bits per heavy atom. The molecule has 0 aromatic carbocycles. The molecule has 1 heterocycles. The summed E-state index contributed by atoms with van der Waals surface area (Å²) in [5.74, 6) is 0.937.